The van der Waals surface area contributed by atoms with Gasteiger partial charge in [0.2, 0.25) is 0 Å². The van der Waals surface area contributed by atoms with E-state index < -0.39 is 0 Å². The highest BCUT2D eigenvalue weighted by Gasteiger charge is 2.47. The Morgan fingerprint density at radius 3 is 2.19 bits per heavy atom. The summed E-state index contributed by atoms with van der Waals surface area (Å²) in [7, 11) is 0. The Hall–Kier alpha value is -3.74. The van der Waals surface area contributed by atoms with Gasteiger partial charge in [0.15, 0.2) is 11.6 Å². The molecule has 0 radical (unpaired) electrons. The molecule has 0 amide bonds. The Bertz CT molecular complexity index is 1350. The maximum absolute atomic E-state index is 4.98. The molecule has 152 valence electrons. The van der Waals surface area contributed by atoms with Crippen LogP contribution in [0.5, 0.6) is 0 Å². The highest BCUT2D eigenvalue weighted by Crippen LogP contribution is 2.58. The van der Waals surface area contributed by atoms with Gasteiger partial charge in [0.05, 0.1) is 45.8 Å². The number of aromatic nitrogens is 6. The molecule has 31 heavy (non-hydrogen) atoms. The second-order valence-electron chi connectivity index (χ2n) is 9.01. The maximum Gasteiger partial charge on any atom is 0.198 e. The van der Waals surface area contributed by atoms with Crippen molar-refractivity contribution in [1.82, 2.24) is 29.9 Å². The van der Waals surface area contributed by atoms with Crippen LogP contribution < -0.4 is 4.90 Å². The van der Waals surface area contributed by atoms with E-state index in [4.69, 9.17) is 15.0 Å². The minimum Gasteiger partial charge on any atom is -0.303 e. The van der Waals surface area contributed by atoms with Gasteiger partial charge in [-0.3, -0.25) is 9.97 Å². The monoisotopic (exact) mass is 407 g/mol. The van der Waals surface area contributed by atoms with Crippen LogP contribution in [0.15, 0.2) is 55.2 Å². The lowest BCUT2D eigenvalue weighted by Gasteiger charge is -2.47. The van der Waals surface area contributed by atoms with Crippen LogP contribution in [-0.4, -0.2) is 29.9 Å². The van der Waals surface area contributed by atoms with E-state index in [0.717, 1.165) is 34.1 Å². The average molecular weight is 407 g/mol. The van der Waals surface area contributed by atoms with Gasteiger partial charge in [0.25, 0.3) is 0 Å². The molecule has 6 heterocycles. The third-order valence-corrected chi connectivity index (χ3v) is 6.40. The SMILES string of the molecule is CC1(C)c2ccnc3c2N(c2cnc(-c4ncccn4)nc21)c1cccnc1C3(C)C. The first-order chi connectivity index (χ1) is 14.9. The predicted molar refractivity (Wildman–Crippen MR) is 118 cm³/mol. The molecule has 4 aromatic heterocycles. The molecule has 4 aromatic rings. The fourth-order valence-corrected chi connectivity index (χ4v) is 4.83. The fourth-order valence-electron chi connectivity index (χ4n) is 4.83. The van der Waals surface area contributed by atoms with E-state index >= 15 is 0 Å². The molecule has 0 bridgehead atoms. The molecule has 7 heteroatoms. The van der Waals surface area contributed by atoms with Gasteiger partial charge in [-0.15, -0.1) is 0 Å². The summed E-state index contributed by atoms with van der Waals surface area (Å²) in [6.45, 7) is 8.78. The van der Waals surface area contributed by atoms with Crippen molar-refractivity contribution in [3.8, 4) is 11.6 Å². The molecule has 2 aliphatic heterocycles. The quantitative estimate of drug-likeness (QED) is 0.460. The molecule has 2 aliphatic rings. The lowest BCUT2D eigenvalue weighted by molar-refractivity contribution is 0.558. The Morgan fingerprint density at radius 1 is 0.645 bits per heavy atom. The van der Waals surface area contributed by atoms with E-state index in [2.05, 4.69) is 59.7 Å². The Kier molecular flexibility index (Phi) is 3.44. The van der Waals surface area contributed by atoms with E-state index in [1.54, 1.807) is 18.5 Å². The minimum absolute atomic E-state index is 0.315. The molecule has 0 unspecified atom stereocenters. The van der Waals surface area contributed by atoms with E-state index in [9.17, 15) is 0 Å². The summed E-state index contributed by atoms with van der Waals surface area (Å²) in [6, 6.07) is 7.98. The largest absolute Gasteiger partial charge is 0.303 e. The van der Waals surface area contributed by atoms with Crippen molar-refractivity contribution in [2.24, 2.45) is 0 Å². The predicted octanol–water partition coefficient (Wildman–Crippen LogP) is 4.47. The first-order valence-corrected chi connectivity index (χ1v) is 10.3. The third-order valence-electron chi connectivity index (χ3n) is 6.40. The van der Waals surface area contributed by atoms with Gasteiger partial charge in [-0.25, -0.2) is 19.9 Å². The summed E-state index contributed by atoms with van der Waals surface area (Å²) < 4.78 is 0. The summed E-state index contributed by atoms with van der Waals surface area (Å²) in [4.78, 5) is 30.1. The third kappa shape index (κ3) is 2.28. The standard InChI is InChI=1S/C24H21N7/c1-23(2)14-8-12-26-20-17(14)31(15-7-5-9-25-18(15)24(20,3)4)16-13-29-22(30-19(16)23)21-27-10-6-11-28-21/h5-13H,1-4H3. The van der Waals surface area contributed by atoms with Crippen molar-refractivity contribution < 1.29 is 0 Å². The zero-order chi connectivity index (χ0) is 21.4. The first-order valence-electron chi connectivity index (χ1n) is 10.3. The summed E-state index contributed by atoms with van der Waals surface area (Å²) in [5, 5.41) is 0. The van der Waals surface area contributed by atoms with Crippen molar-refractivity contribution in [1.29, 1.82) is 0 Å². The van der Waals surface area contributed by atoms with Gasteiger partial charge >= 0.3 is 0 Å². The van der Waals surface area contributed by atoms with Crippen LogP contribution in [0.25, 0.3) is 11.6 Å². The number of fused-ring (bicyclic) bond motifs is 4. The van der Waals surface area contributed by atoms with Gasteiger partial charge in [0.1, 0.15) is 0 Å². The van der Waals surface area contributed by atoms with Crippen molar-refractivity contribution in [3.05, 3.63) is 77.9 Å². The number of anilines is 3. The average Bonchev–Trinajstić information content (AvgIpc) is 2.79. The van der Waals surface area contributed by atoms with Crippen LogP contribution in [0.1, 0.15) is 50.3 Å². The molecule has 0 saturated carbocycles. The number of rotatable bonds is 1. The number of hydrogen-bond donors (Lipinski definition) is 0. The molecule has 0 aromatic carbocycles. The Labute approximate surface area is 180 Å². The lowest BCUT2D eigenvalue weighted by Crippen LogP contribution is -2.40. The summed E-state index contributed by atoms with van der Waals surface area (Å²) >= 11 is 0. The van der Waals surface area contributed by atoms with Crippen molar-refractivity contribution in [3.63, 3.8) is 0 Å². The molecule has 0 spiro atoms. The van der Waals surface area contributed by atoms with E-state index in [1.165, 1.54) is 5.56 Å². The first kappa shape index (κ1) is 18.1. The van der Waals surface area contributed by atoms with Crippen molar-refractivity contribution in [2.75, 3.05) is 4.90 Å². The Morgan fingerprint density at radius 2 is 1.39 bits per heavy atom. The Balaban J connectivity index is 1.68. The number of hydrogen-bond acceptors (Lipinski definition) is 7. The summed E-state index contributed by atoms with van der Waals surface area (Å²) in [5.41, 5.74) is 6.56. The van der Waals surface area contributed by atoms with Crippen LogP contribution >= 0.6 is 0 Å². The maximum atomic E-state index is 4.98. The summed E-state index contributed by atoms with van der Waals surface area (Å²) in [6.07, 6.45) is 9.04. The molecule has 0 fully saturated rings. The van der Waals surface area contributed by atoms with Crippen LogP contribution in [0, 0.1) is 0 Å². The lowest BCUT2D eigenvalue weighted by atomic mass is 9.71. The topological polar surface area (TPSA) is 80.6 Å². The number of nitrogens with zero attached hydrogens (tertiary/aromatic N) is 7. The van der Waals surface area contributed by atoms with Crippen LogP contribution in [0.3, 0.4) is 0 Å². The fraction of sp³-hybridized carbons (Fsp3) is 0.250. The molecule has 0 atom stereocenters. The van der Waals surface area contributed by atoms with E-state index in [-0.39, 0.29) is 10.8 Å². The summed E-state index contributed by atoms with van der Waals surface area (Å²) in [5.74, 6) is 1.04. The normalized spacial score (nSPS) is 16.8. The molecule has 0 saturated heterocycles. The zero-order valence-corrected chi connectivity index (χ0v) is 17.8. The van der Waals surface area contributed by atoms with Gasteiger partial charge in [-0.2, -0.15) is 0 Å². The van der Waals surface area contributed by atoms with E-state index in [0.29, 0.717) is 11.6 Å². The number of pyridine rings is 2. The zero-order valence-electron chi connectivity index (χ0n) is 17.8. The van der Waals surface area contributed by atoms with Crippen LogP contribution in [-0.2, 0) is 10.8 Å². The van der Waals surface area contributed by atoms with Crippen molar-refractivity contribution in [2.45, 2.75) is 38.5 Å². The van der Waals surface area contributed by atoms with Crippen LogP contribution in [0.4, 0.5) is 17.1 Å². The van der Waals surface area contributed by atoms with E-state index in [1.807, 2.05) is 24.7 Å². The van der Waals surface area contributed by atoms with Gasteiger partial charge in [-0.05, 0) is 57.5 Å². The molecule has 6 rings (SSSR count). The highest BCUT2D eigenvalue weighted by atomic mass is 15.2. The molecular formula is C24H21N7. The van der Waals surface area contributed by atoms with Crippen LogP contribution in [0.2, 0.25) is 0 Å². The second kappa shape index (κ2) is 5.91. The molecule has 7 nitrogen and oxygen atoms in total. The van der Waals surface area contributed by atoms with Gasteiger partial charge in [0, 0.05) is 30.2 Å². The highest BCUT2D eigenvalue weighted by molar-refractivity contribution is 5.90. The molecule has 0 aliphatic carbocycles. The second-order valence-corrected chi connectivity index (χ2v) is 9.01. The smallest absolute Gasteiger partial charge is 0.198 e. The van der Waals surface area contributed by atoms with Gasteiger partial charge in [-0.1, -0.05) is 0 Å². The van der Waals surface area contributed by atoms with Gasteiger partial charge < -0.3 is 4.90 Å². The van der Waals surface area contributed by atoms with Crippen molar-refractivity contribution >= 4 is 17.1 Å². The molecule has 0 N–H and O–H groups in total. The minimum atomic E-state index is -0.346. The molecular weight excluding hydrogens is 386 g/mol.